The van der Waals surface area contributed by atoms with Gasteiger partial charge in [0.05, 0.1) is 6.20 Å². The van der Waals surface area contributed by atoms with Crippen LogP contribution in [0.3, 0.4) is 0 Å². The van der Waals surface area contributed by atoms with Crippen LogP contribution in [0.5, 0.6) is 0 Å². The van der Waals surface area contributed by atoms with Crippen LogP contribution in [0.1, 0.15) is 70.6 Å². The average molecular weight is 341 g/mol. The Morgan fingerprint density at radius 2 is 1.92 bits per heavy atom. The van der Waals surface area contributed by atoms with Crippen molar-refractivity contribution in [2.24, 2.45) is 40.4 Å². The van der Waals surface area contributed by atoms with Crippen LogP contribution in [0.25, 0.3) is 0 Å². The van der Waals surface area contributed by atoms with Crippen molar-refractivity contribution < 1.29 is 9.32 Å². The van der Waals surface area contributed by atoms with Crippen LogP contribution >= 0.6 is 0 Å². The smallest absolute Gasteiger partial charge is 0.140 e. The molecule has 4 aliphatic rings. The Kier molecular flexibility index (Phi) is 3.35. The molecule has 136 valence electrons. The molecule has 0 amide bonds. The Balaban J connectivity index is 1.48. The summed E-state index contributed by atoms with van der Waals surface area (Å²) < 4.78 is 5.52. The van der Waals surface area contributed by atoms with Crippen LogP contribution in [0.4, 0.5) is 0 Å². The molecule has 0 N–H and O–H groups in total. The maximum Gasteiger partial charge on any atom is 0.140 e. The Bertz CT molecular complexity index is 709. The van der Waals surface area contributed by atoms with Crippen LogP contribution < -0.4 is 0 Å². The summed E-state index contributed by atoms with van der Waals surface area (Å²) in [7, 11) is 0. The van der Waals surface area contributed by atoms with Gasteiger partial charge in [0.2, 0.25) is 0 Å². The molecule has 7 unspecified atom stereocenters. The first-order valence-corrected chi connectivity index (χ1v) is 10.4. The molecule has 7 atom stereocenters. The second-order valence-corrected chi connectivity index (χ2v) is 10.1. The third-order valence-corrected chi connectivity index (χ3v) is 9.29. The van der Waals surface area contributed by atoms with Crippen LogP contribution in [0, 0.1) is 40.4 Å². The third kappa shape index (κ3) is 2.04. The number of hydrogen-bond donors (Lipinski definition) is 0. The van der Waals surface area contributed by atoms with Crippen LogP contribution in [-0.4, -0.2) is 10.9 Å². The lowest BCUT2D eigenvalue weighted by atomic mass is 9.45. The fourth-order valence-corrected chi connectivity index (χ4v) is 8.04. The van der Waals surface area contributed by atoms with Gasteiger partial charge < -0.3 is 4.52 Å². The second kappa shape index (κ2) is 5.20. The van der Waals surface area contributed by atoms with Crippen molar-refractivity contribution in [1.29, 1.82) is 0 Å². The monoisotopic (exact) mass is 341 g/mol. The summed E-state index contributed by atoms with van der Waals surface area (Å²) in [5.41, 5.74) is 2.03. The molecule has 4 aliphatic carbocycles. The molecule has 3 fully saturated rings. The average Bonchev–Trinajstić information content (AvgIpc) is 3.14. The summed E-state index contributed by atoms with van der Waals surface area (Å²) in [6, 6.07) is 0. The molecule has 1 heterocycles. The van der Waals surface area contributed by atoms with Crippen LogP contribution in [-0.2, 0) is 17.6 Å². The Morgan fingerprint density at radius 1 is 1.12 bits per heavy atom. The SMILES string of the molecule is CC(=O)C1CCC2C3CCC4Cc5oncc5CC4(C)C3CCC12C. The number of rotatable bonds is 1. The lowest BCUT2D eigenvalue weighted by molar-refractivity contribution is -0.131. The first kappa shape index (κ1) is 16.1. The number of carbonyl (C=O) groups excluding carboxylic acids is 1. The quantitative estimate of drug-likeness (QED) is 0.734. The fourth-order valence-electron chi connectivity index (χ4n) is 8.04. The molecule has 0 aliphatic heterocycles. The van der Waals surface area contributed by atoms with E-state index in [1.54, 1.807) is 0 Å². The summed E-state index contributed by atoms with van der Waals surface area (Å²) in [6.45, 7) is 6.84. The van der Waals surface area contributed by atoms with E-state index in [0.717, 1.165) is 48.7 Å². The van der Waals surface area contributed by atoms with Gasteiger partial charge in [0.1, 0.15) is 11.5 Å². The van der Waals surface area contributed by atoms with E-state index in [9.17, 15) is 4.79 Å². The zero-order chi connectivity index (χ0) is 17.4. The van der Waals surface area contributed by atoms with Gasteiger partial charge in [-0.3, -0.25) is 4.79 Å². The molecular weight excluding hydrogens is 310 g/mol. The molecule has 0 aromatic carbocycles. The molecular formula is C22H31NO2. The molecule has 3 saturated carbocycles. The highest BCUT2D eigenvalue weighted by Crippen LogP contribution is 2.66. The molecule has 0 bridgehead atoms. The van der Waals surface area contributed by atoms with E-state index >= 15 is 0 Å². The summed E-state index contributed by atoms with van der Waals surface area (Å²) in [6.07, 6.45) is 11.9. The number of aromatic nitrogens is 1. The predicted molar refractivity (Wildman–Crippen MR) is 96.0 cm³/mol. The van der Waals surface area contributed by atoms with E-state index in [1.165, 1.54) is 37.7 Å². The van der Waals surface area contributed by atoms with Gasteiger partial charge in [0, 0.05) is 17.9 Å². The van der Waals surface area contributed by atoms with Gasteiger partial charge >= 0.3 is 0 Å². The molecule has 25 heavy (non-hydrogen) atoms. The molecule has 3 heteroatoms. The van der Waals surface area contributed by atoms with E-state index in [4.69, 9.17) is 4.52 Å². The van der Waals surface area contributed by atoms with E-state index < -0.39 is 0 Å². The van der Waals surface area contributed by atoms with E-state index in [1.807, 2.05) is 13.1 Å². The molecule has 1 aromatic rings. The minimum absolute atomic E-state index is 0.271. The minimum atomic E-state index is 0.271. The van der Waals surface area contributed by atoms with Gasteiger partial charge in [-0.25, -0.2) is 0 Å². The summed E-state index contributed by atoms with van der Waals surface area (Å²) in [5, 5.41) is 4.08. The molecule has 0 radical (unpaired) electrons. The number of nitrogens with zero attached hydrogens (tertiary/aromatic N) is 1. The number of hydrogen-bond acceptors (Lipinski definition) is 3. The maximum absolute atomic E-state index is 12.2. The van der Waals surface area contributed by atoms with Crippen molar-refractivity contribution in [3.8, 4) is 0 Å². The summed E-state index contributed by atoms with van der Waals surface area (Å²) in [5.74, 6) is 5.07. The van der Waals surface area contributed by atoms with Crippen molar-refractivity contribution in [3.05, 3.63) is 17.5 Å². The van der Waals surface area contributed by atoms with Crippen LogP contribution in [0.2, 0.25) is 0 Å². The van der Waals surface area contributed by atoms with Crippen molar-refractivity contribution in [1.82, 2.24) is 5.16 Å². The number of ketones is 1. The summed E-state index contributed by atoms with van der Waals surface area (Å²) >= 11 is 0. The van der Waals surface area contributed by atoms with E-state index in [-0.39, 0.29) is 5.41 Å². The molecule has 5 rings (SSSR count). The number of carbonyl (C=O) groups is 1. The zero-order valence-corrected chi connectivity index (χ0v) is 15.9. The van der Waals surface area contributed by atoms with Gasteiger partial charge in [-0.15, -0.1) is 0 Å². The van der Waals surface area contributed by atoms with E-state index in [2.05, 4.69) is 19.0 Å². The van der Waals surface area contributed by atoms with Crippen molar-refractivity contribution >= 4 is 5.78 Å². The largest absolute Gasteiger partial charge is 0.361 e. The summed E-state index contributed by atoms with van der Waals surface area (Å²) in [4.78, 5) is 12.2. The molecule has 0 spiro atoms. The first-order chi connectivity index (χ1) is 11.9. The van der Waals surface area contributed by atoms with Gasteiger partial charge in [0.25, 0.3) is 0 Å². The Morgan fingerprint density at radius 3 is 2.72 bits per heavy atom. The Labute approximate surface area is 150 Å². The lowest BCUT2D eigenvalue weighted by Gasteiger charge is -2.60. The number of Topliss-reactive ketones (excluding diaryl/α,β-unsaturated/α-hetero) is 1. The topological polar surface area (TPSA) is 43.1 Å². The highest BCUT2D eigenvalue weighted by atomic mass is 16.5. The number of fused-ring (bicyclic) bond motifs is 6. The van der Waals surface area contributed by atoms with Crippen molar-refractivity contribution in [2.45, 2.75) is 72.1 Å². The minimum Gasteiger partial charge on any atom is -0.361 e. The van der Waals surface area contributed by atoms with Gasteiger partial charge in [-0.2, -0.15) is 0 Å². The second-order valence-electron chi connectivity index (χ2n) is 10.1. The molecule has 3 nitrogen and oxygen atoms in total. The van der Waals surface area contributed by atoms with Gasteiger partial charge in [0.15, 0.2) is 0 Å². The van der Waals surface area contributed by atoms with E-state index in [0.29, 0.717) is 17.1 Å². The highest BCUT2D eigenvalue weighted by Gasteiger charge is 2.60. The zero-order valence-electron chi connectivity index (χ0n) is 15.9. The van der Waals surface area contributed by atoms with Gasteiger partial charge in [-0.05, 0) is 86.4 Å². The highest BCUT2D eigenvalue weighted by molar-refractivity contribution is 5.79. The normalized spacial score (nSPS) is 48.2. The predicted octanol–water partition coefficient (Wildman–Crippen LogP) is 4.84. The first-order valence-electron chi connectivity index (χ1n) is 10.4. The van der Waals surface area contributed by atoms with Gasteiger partial charge in [-0.1, -0.05) is 19.0 Å². The standard InChI is InChI=1S/C22H31NO2/c1-13(24)17-6-7-18-16-5-4-15-10-20-14(12-23-25-20)11-22(15,3)19(16)8-9-21(17,18)2/h12,15-19H,4-11H2,1-3H3. The maximum atomic E-state index is 12.2. The third-order valence-electron chi connectivity index (χ3n) is 9.29. The Hall–Kier alpha value is -1.12. The molecule has 0 saturated heterocycles. The van der Waals surface area contributed by atoms with Crippen LogP contribution in [0.15, 0.2) is 10.7 Å². The van der Waals surface area contributed by atoms with Crippen molar-refractivity contribution in [3.63, 3.8) is 0 Å². The lowest BCUT2D eigenvalue weighted by Crippen LogP contribution is -2.54. The van der Waals surface area contributed by atoms with Crippen molar-refractivity contribution in [2.75, 3.05) is 0 Å². The fraction of sp³-hybridized carbons (Fsp3) is 0.818. The molecule has 1 aromatic heterocycles.